The van der Waals surface area contributed by atoms with Gasteiger partial charge in [-0.3, -0.25) is 5.10 Å². The topological polar surface area (TPSA) is 250 Å². The van der Waals surface area contributed by atoms with Gasteiger partial charge in [0.25, 0.3) is 5.92 Å². The number of nitrogens with zero attached hydrogens (tertiary/aromatic N) is 12. The number of pyridine rings is 4. The van der Waals surface area contributed by atoms with Gasteiger partial charge in [-0.15, -0.1) is 30.6 Å². The number of hydrogen-bond donors (Lipinski definition) is 6. The van der Waals surface area contributed by atoms with Gasteiger partial charge in [0.2, 0.25) is 15.4 Å². The van der Waals surface area contributed by atoms with Crippen molar-refractivity contribution in [2.24, 2.45) is 0 Å². The van der Waals surface area contributed by atoms with Gasteiger partial charge in [-0.1, -0.05) is 141 Å². The van der Waals surface area contributed by atoms with Gasteiger partial charge in [-0.05, 0) is 246 Å². The van der Waals surface area contributed by atoms with E-state index in [1.165, 1.54) is 168 Å². The zero-order chi connectivity index (χ0) is 83.1. The first-order chi connectivity index (χ1) is 54.9. The van der Waals surface area contributed by atoms with Crippen LogP contribution in [0.15, 0.2) is 85.2 Å². The van der Waals surface area contributed by atoms with Crippen molar-refractivity contribution < 1.29 is 27.1 Å². The average Bonchev–Trinajstić information content (AvgIpc) is 1.45. The third-order valence-electron chi connectivity index (χ3n) is 21.2. The van der Waals surface area contributed by atoms with E-state index in [4.69, 9.17) is 25.3 Å². The Hall–Kier alpha value is -3.81. The van der Waals surface area contributed by atoms with Crippen molar-refractivity contribution in [2.75, 3.05) is 42.2 Å². The summed E-state index contributed by atoms with van der Waals surface area (Å²) in [6, 6.07) is 28.8. The number of fused-ring (bicyclic) bond motifs is 4. The number of nitrogens with one attached hydrogen (secondary N) is 5. The van der Waals surface area contributed by atoms with E-state index in [1.807, 2.05) is 6.07 Å². The van der Waals surface area contributed by atoms with Crippen molar-refractivity contribution in [3.63, 3.8) is 0 Å². The van der Waals surface area contributed by atoms with Gasteiger partial charge in [-0.25, -0.2) is 28.7 Å². The molecule has 18 nitrogen and oxygen atoms in total. The number of aromatic amines is 1. The van der Waals surface area contributed by atoms with Crippen molar-refractivity contribution in [1.29, 1.82) is 5.26 Å². The predicted octanol–water partition coefficient (Wildman–Crippen LogP) is 23.3. The zero-order valence-corrected chi connectivity index (χ0v) is 85.9. The summed E-state index contributed by atoms with van der Waals surface area (Å²) in [7, 11) is -0.491. The van der Waals surface area contributed by atoms with Crippen LogP contribution in [0.1, 0.15) is 243 Å². The molecule has 30 heteroatoms. The first kappa shape index (κ1) is 89.9. The summed E-state index contributed by atoms with van der Waals surface area (Å²) < 4.78 is 26.8. The first-order valence-electron chi connectivity index (χ1n) is 39.3. The molecule has 0 spiro atoms. The number of halogens is 9. The molecule has 1 saturated heterocycles. The number of hydrogen-bond acceptors (Lipinski definition) is 20. The molecule has 618 valence electrons. The molecule has 0 amide bonds. The van der Waals surface area contributed by atoms with Crippen LogP contribution < -0.4 is 34.5 Å². The van der Waals surface area contributed by atoms with Crippen LogP contribution in [0.3, 0.4) is 0 Å². The Kier molecular flexibility index (Phi) is 29.2. The molecule has 1 unspecified atom stereocenters. The van der Waals surface area contributed by atoms with Crippen LogP contribution in [0.4, 0.5) is 29.9 Å². The SMILES string of the molecule is Cc1cc(-c2nnc(NCC3CC(F)(F)CN3)s2)nc2c(C(C)(C)C)cc(C3CC3)cc12.Cc1cc(-c2nnc(NCCCO)s2)nc2c(C(C)(C)C)cc(C3CC3)cc12.Cc1cc(-c2nnc(Nc3cn[nH]c3)s2)nc2c(C(C)(C)C)cc(C3CC3)cc12.Cc1cc(C#N)nc2c(C(C)(C)C)cc(C3CC3)cc12.I[I-]I(I)I(I)I. The molecule has 17 rings (SSSR count). The van der Waals surface area contributed by atoms with E-state index in [0.29, 0.717) is 49.5 Å². The number of H-pyrrole nitrogens is 1. The second-order valence-corrected chi connectivity index (χ2v) is 152. The minimum absolute atomic E-state index is 0.0224. The number of alkyl halides is 2. The van der Waals surface area contributed by atoms with Crippen molar-refractivity contribution in [1.82, 2.24) is 66.0 Å². The third kappa shape index (κ3) is 23.0. The normalized spacial score (nSPS) is 16.4. The first-order valence-corrected chi connectivity index (χ1v) is 79.5. The fourth-order valence-corrected chi connectivity index (χ4v) is 226. The van der Waals surface area contributed by atoms with Gasteiger partial charge in [-0.2, -0.15) is 10.4 Å². The number of aliphatic hydroxyl groups is 1. The van der Waals surface area contributed by atoms with Crippen LogP contribution in [0.2, 0.25) is 0 Å². The molecule has 116 heavy (non-hydrogen) atoms. The molecule has 4 aliphatic carbocycles. The van der Waals surface area contributed by atoms with Crippen LogP contribution in [-0.2, 0) is 21.7 Å². The molecule has 4 aromatic carbocycles. The summed E-state index contributed by atoms with van der Waals surface area (Å²) in [5.74, 6) is 0.232. The van der Waals surface area contributed by atoms with Crippen LogP contribution in [0, 0.1) is 39.0 Å². The number of nitriles is 1. The van der Waals surface area contributed by atoms with Gasteiger partial charge in [0, 0.05) is 59.9 Å². The van der Waals surface area contributed by atoms with Crippen LogP contribution in [-0.4, -0.2) is 104 Å². The van der Waals surface area contributed by atoms with E-state index in [1.54, 1.807) is 12.4 Å². The third-order valence-corrected chi connectivity index (χ3v) is 272. The molecule has 0 bridgehead atoms. The van der Waals surface area contributed by atoms with Gasteiger partial charge < -0.3 is 26.4 Å². The molecule has 0 radical (unpaired) electrons. The van der Waals surface area contributed by atoms with Gasteiger partial charge in [0.15, 0.2) is 15.0 Å². The summed E-state index contributed by atoms with van der Waals surface area (Å²) in [4.78, 5) is 19.7. The number of anilines is 4. The summed E-state index contributed by atoms with van der Waals surface area (Å²) in [5, 5.41) is 72.4. The van der Waals surface area contributed by atoms with Gasteiger partial charge >= 0.3 is 104 Å². The Balaban J connectivity index is 0.000000132. The monoisotopic (exact) mass is 2410 g/mol. The van der Waals surface area contributed by atoms with E-state index < -0.39 is 5.92 Å². The molecular weight excluding hydrogens is 2310 g/mol. The zero-order valence-electron chi connectivity index (χ0n) is 68.3. The minimum atomic E-state index is -2.63. The molecule has 5 fully saturated rings. The Morgan fingerprint density at radius 3 is 1.22 bits per heavy atom. The molecule has 1 atom stereocenters. The van der Waals surface area contributed by atoms with Gasteiger partial charge in [0.1, 0.15) is 28.8 Å². The van der Waals surface area contributed by atoms with E-state index in [2.05, 4.69) is 325 Å². The Morgan fingerprint density at radius 1 is 0.534 bits per heavy atom. The number of aliphatic hydroxyl groups excluding tert-OH is 1. The average molecular weight is 2410 g/mol. The quantitative estimate of drug-likeness (QED) is 0.0345. The van der Waals surface area contributed by atoms with Crippen molar-refractivity contribution in [2.45, 2.75) is 232 Å². The Bertz CT molecular complexity index is 5580. The second kappa shape index (κ2) is 37.7. The molecule has 8 aromatic heterocycles. The summed E-state index contributed by atoms with van der Waals surface area (Å²) in [6.07, 6.45) is 14.4. The van der Waals surface area contributed by atoms with Crippen molar-refractivity contribution in [3.05, 3.63) is 158 Å². The number of benzene rings is 4. The maximum absolute atomic E-state index is 13.4. The van der Waals surface area contributed by atoms with E-state index in [-0.39, 0.29) is 63.1 Å². The molecule has 1 aliphatic heterocycles. The molecule has 12 aromatic rings. The number of aryl methyl sites for hydroxylation is 4. The second-order valence-electron chi connectivity index (χ2n) is 35.1. The predicted molar refractivity (Wildman–Crippen MR) is 526 cm³/mol. The molecule has 4 saturated carbocycles. The Labute approximate surface area is 747 Å². The maximum atomic E-state index is 13.4. The van der Waals surface area contributed by atoms with Crippen LogP contribution in [0.25, 0.3) is 75.7 Å². The summed E-state index contributed by atoms with van der Waals surface area (Å²) in [6.45, 7) is 36.4. The van der Waals surface area contributed by atoms with Crippen LogP contribution >= 0.6 is 124 Å². The molecule has 9 heterocycles. The van der Waals surface area contributed by atoms with Crippen LogP contribution in [0.5, 0.6) is 0 Å². The van der Waals surface area contributed by atoms with Gasteiger partial charge in [0.05, 0.1) is 40.5 Å². The fourth-order valence-electron chi connectivity index (χ4n) is 14.4. The van der Waals surface area contributed by atoms with E-state index >= 15 is 0 Å². The number of rotatable bonds is 18. The van der Waals surface area contributed by atoms with Crippen molar-refractivity contribution in [3.8, 4) is 38.2 Å². The standard InChI is InChI=1S/C24H29F2N5S.C22H24N6S.C22H28N4OS.C18H20N2.I7/c1-13-7-19(21-30-31-22(32-21)27-11-16-10-24(25,26)12-28-16)29-20-17(13)8-15(14-5-6-14)9-18(20)23(2,3)4;1-12-7-18(20-27-28-21(29-20)25-15-10-23-24-11-15)26-19-16(12)8-14(13-5-6-13)9-17(19)22(2,3)4;1-13-10-18(20-25-26-21(28-20)23-8-5-9-27)24-19-16(13)11-15(14-6-7-14)12-17(19)22(2,3)4;1-11-7-14(10-19)20-17-15(11)8-13(12-5-6-12)9-16(17)18(2,3)4;1-5-7(4)6(2)3/h7-9,14,16,28H,5-6,10-12H2,1-4H3,(H,27,31);7-11,13H,5-6H2,1-4H3,(H,23,24)(H,25,28);10-12,14,27H,5-9H2,1-4H3,(H,23,26);7-9,12H,5-6H2,1-4H3;/q;;;;-1. The van der Waals surface area contributed by atoms with Crippen molar-refractivity contribution >= 4 is 189 Å². The summed E-state index contributed by atoms with van der Waals surface area (Å²) >= 11 is 15.9. The van der Waals surface area contributed by atoms with E-state index in [0.717, 1.165) is 93.4 Å². The summed E-state index contributed by atoms with van der Waals surface area (Å²) in [5.41, 5.74) is 23.9. The van der Waals surface area contributed by atoms with E-state index in [9.17, 15) is 8.78 Å². The number of aromatic nitrogens is 12. The molecular formula is C86H101F2I7N17OS3-. The molecule has 6 N–H and O–H groups in total. The Morgan fingerprint density at radius 2 is 0.905 bits per heavy atom. The fraction of sp³-hybridized carbons (Fsp3) is 0.465. The molecule has 5 aliphatic rings.